The van der Waals surface area contributed by atoms with Crippen LogP contribution >= 0.6 is 11.6 Å². The van der Waals surface area contributed by atoms with Crippen LogP contribution in [0.3, 0.4) is 0 Å². The van der Waals surface area contributed by atoms with E-state index in [1.165, 1.54) is 0 Å². The van der Waals surface area contributed by atoms with Gasteiger partial charge in [0, 0.05) is 0 Å². The highest BCUT2D eigenvalue weighted by Crippen LogP contribution is 2.02. The zero-order valence-corrected chi connectivity index (χ0v) is 8.38. The molecule has 0 atom stereocenters. The molecular formula is C10H13ClN2. The van der Waals surface area contributed by atoms with Gasteiger partial charge in [0.05, 0.1) is 17.8 Å². The molecule has 1 heterocycles. The normalized spacial score (nSPS) is 11.8. The van der Waals surface area contributed by atoms with E-state index >= 15 is 0 Å². The largest absolute Gasteiger partial charge is 0.341 e. The van der Waals surface area contributed by atoms with Gasteiger partial charge >= 0.3 is 0 Å². The van der Waals surface area contributed by atoms with Crippen molar-refractivity contribution in [3.8, 4) is 0 Å². The quantitative estimate of drug-likeness (QED) is 0.582. The summed E-state index contributed by atoms with van der Waals surface area (Å²) in [5.74, 6) is 1.24. The van der Waals surface area contributed by atoms with E-state index in [-0.39, 0.29) is 0 Å². The maximum absolute atomic E-state index is 5.59. The van der Waals surface area contributed by atoms with Gasteiger partial charge in [0.15, 0.2) is 0 Å². The summed E-state index contributed by atoms with van der Waals surface area (Å²) in [4.78, 5) is 7.15. The van der Waals surface area contributed by atoms with Gasteiger partial charge in [-0.05, 0) is 12.5 Å². The number of hydrogen-bond acceptors (Lipinski definition) is 1. The molecule has 2 nitrogen and oxygen atoms in total. The zero-order valence-electron chi connectivity index (χ0n) is 7.63. The van der Waals surface area contributed by atoms with Crippen LogP contribution in [0.25, 0.3) is 6.08 Å². The Morgan fingerprint density at radius 3 is 3.00 bits per heavy atom. The molecule has 0 fully saturated rings. The van der Waals surface area contributed by atoms with E-state index in [0.717, 1.165) is 17.9 Å². The van der Waals surface area contributed by atoms with Crippen LogP contribution in [-0.2, 0) is 5.88 Å². The summed E-state index contributed by atoms with van der Waals surface area (Å²) >= 11 is 5.59. The van der Waals surface area contributed by atoms with Crippen LogP contribution in [0.2, 0.25) is 0 Å². The third-order valence-electron chi connectivity index (χ3n) is 1.53. The van der Waals surface area contributed by atoms with Gasteiger partial charge in [0.25, 0.3) is 0 Å². The Bertz CT molecular complexity index is 300. The van der Waals surface area contributed by atoms with Gasteiger partial charge in [-0.15, -0.1) is 11.6 Å². The highest BCUT2D eigenvalue weighted by atomic mass is 35.5. The number of imidazole rings is 1. The lowest BCUT2D eigenvalue weighted by molar-refractivity contribution is 1.11. The predicted octanol–water partition coefficient (Wildman–Crippen LogP) is 3.13. The van der Waals surface area contributed by atoms with Gasteiger partial charge in [-0.1, -0.05) is 25.2 Å². The van der Waals surface area contributed by atoms with Crippen LogP contribution in [0.5, 0.6) is 0 Å². The first-order chi connectivity index (χ1) is 6.36. The minimum Gasteiger partial charge on any atom is -0.341 e. The molecule has 1 aromatic rings. The molecule has 0 aromatic carbocycles. The molecule has 0 radical (unpaired) electrons. The molecule has 13 heavy (non-hydrogen) atoms. The summed E-state index contributed by atoms with van der Waals surface area (Å²) < 4.78 is 0. The van der Waals surface area contributed by atoms with Gasteiger partial charge in [-0.25, -0.2) is 4.98 Å². The second kappa shape index (κ2) is 5.60. The molecule has 0 unspecified atom stereocenters. The number of aromatic nitrogens is 2. The Balaban J connectivity index is 2.53. The number of hydrogen-bond donors (Lipinski definition) is 1. The van der Waals surface area contributed by atoms with E-state index in [1.54, 1.807) is 6.20 Å². The summed E-state index contributed by atoms with van der Waals surface area (Å²) in [5, 5.41) is 0. The summed E-state index contributed by atoms with van der Waals surface area (Å²) in [5.41, 5.74) is 0.983. The number of allylic oxidation sites excluding steroid dienone is 3. The maximum atomic E-state index is 5.59. The van der Waals surface area contributed by atoms with Crippen molar-refractivity contribution in [3.63, 3.8) is 0 Å². The van der Waals surface area contributed by atoms with Gasteiger partial charge in [-0.2, -0.15) is 0 Å². The zero-order chi connectivity index (χ0) is 9.52. The third-order valence-corrected chi connectivity index (χ3v) is 1.79. The van der Waals surface area contributed by atoms with E-state index in [1.807, 2.05) is 18.2 Å². The van der Waals surface area contributed by atoms with E-state index in [4.69, 9.17) is 11.6 Å². The maximum Gasteiger partial charge on any atom is 0.121 e. The van der Waals surface area contributed by atoms with Crippen LogP contribution in [0.4, 0.5) is 0 Å². The predicted molar refractivity (Wildman–Crippen MR) is 56.6 cm³/mol. The van der Waals surface area contributed by atoms with E-state index in [0.29, 0.717) is 5.88 Å². The number of halogens is 1. The number of aromatic amines is 1. The van der Waals surface area contributed by atoms with Gasteiger partial charge in [0.2, 0.25) is 0 Å². The number of nitrogens with one attached hydrogen (secondary N) is 1. The number of nitrogens with zero attached hydrogens (tertiary/aromatic N) is 1. The van der Waals surface area contributed by atoms with Crippen molar-refractivity contribution in [1.82, 2.24) is 9.97 Å². The number of H-pyrrole nitrogens is 1. The van der Waals surface area contributed by atoms with Crippen molar-refractivity contribution < 1.29 is 0 Å². The molecular weight excluding hydrogens is 184 g/mol. The minimum atomic E-state index is 0.429. The second-order valence-corrected chi connectivity index (χ2v) is 2.88. The molecule has 0 aliphatic heterocycles. The monoisotopic (exact) mass is 196 g/mol. The topological polar surface area (TPSA) is 28.7 Å². The first-order valence-electron chi connectivity index (χ1n) is 4.30. The molecule has 70 valence electrons. The summed E-state index contributed by atoms with van der Waals surface area (Å²) in [6.45, 7) is 2.10. The summed E-state index contributed by atoms with van der Waals surface area (Å²) in [7, 11) is 0. The fourth-order valence-electron chi connectivity index (χ4n) is 0.905. The fraction of sp³-hybridized carbons (Fsp3) is 0.300. The van der Waals surface area contributed by atoms with Crippen LogP contribution in [0.1, 0.15) is 24.9 Å². The van der Waals surface area contributed by atoms with Gasteiger partial charge in [-0.3, -0.25) is 0 Å². The molecule has 1 N–H and O–H groups in total. The second-order valence-electron chi connectivity index (χ2n) is 2.61. The van der Waals surface area contributed by atoms with Crippen LogP contribution in [-0.4, -0.2) is 9.97 Å². The molecule has 0 saturated carbocycles. The average Bonchev–Trinajstić information content (AvgIpc) is 2.60. The molecule has 1 aromatic heterocycles. The van der Waals surface area contributed by atoms with Crippen molar-refractivity contribution in [2.24, 2.45) is 0 Å². The van der Waals surface area contributed by atoms with Gasteiger partial charge in [0.1, 0.15) is 5.82 Å². The molecule has 0 aliphatic rings. The van der Waals surface area contributed by atoms with Crippen LogP contribution in [0, 0.1) is 0 Å². The van der Waals surface area contributed by atoms with E-state index < -0.39 is 0 Å². The SMILES string of the molecule is CC/C=C\C=C/c1cnc(CCl)[nH]1. The van der Waals surface area contributed by atoms with Crippen LogP contribution < -0.4 is 0 Å². The average molecular weight is 197 g/mol. The molecule has 0 aliphatic carbocycles. The fourth-order valence-corrected chi connectivity index (χ4v) is 1.04. The minimum absolute atomic E-state index is 0.429. The van der Waals surface area contributed by atoms with Crippen LogP contribution in [0.15, 0.2) is 24.4 Å². The first kappa shape index (κ1) is 10.1. The highest BCUT2D eigenvalue weighted by Gasteiger charge is 1.93. The van der Waals surface area contributed by atoms with E-state index in [9.17, 15) is 0 Å². The highest BCUT2D eigenvalue weighted by molar-refractivity contribution is 6.16. The lowest BCUT2D eigenvalue weighted by Crippen LogP contribution is -1.78. The lowest BCUT2D eigenvalue weighted by Gasteiger charge is -1.83. The lowest BCUT2D eigenvalue weighted by atomic mass is 10.3. The Morgan fingerprint density at radius 1 is 1.54 bits per heavy atom. The molecule has 0 amide bonds. The Morgan fingerprint density at radius 2 is 2.38 bits per heavy atom. The number of alkyl halides is 1. The van der Waals surface area contributed by atoms with Crippen molar-refractivity contribution in [2.45, 2.75) is 19.2 Å². The standard InChI is InChI=1S/C10H13ClN2/c1-2-3-4-5-6-9-8-12-10(7-11)13-9/h3-6,8H,2,7H2,1H3,(H,12,13)/b4-3-,6-5-. The van der Waals surface area contributed by atoms with Crippen molar-refractivity contribution >= 4 is 17.7 Å². The number of rotatable bonds is 4. The first-order valence-corrected chi connectivity index (χ1v) is 4.83. The Hall–Kier alpha value is -1.02. The molecule has 0 bridgehead atoms. The van der Waals surface area contributed by atoms with Crippen molar-refractivity contribution in [3.05, 3.63) is 35.9 Å². The summed E-state index contributed by atoms with van der Waals surface area (Å²) in [6.07, 6.45) is 10.9. The molecule has 3 heteroatoms. The van der Waals surface area contributed by atoms with Crippen molar-refractivity contribution in [2.75, 3.05) is 0 Å². The Labute approximate surface area is 83.3 Å². The molecule has 0 saturated heterocycles. The smallest absolute Gasteiger partial charge is 0.121 e. The third kappa shape index (κ3) is 3.47. The molecule has 0 spiro atoms. The molecule has 1 rings (SSSR count). The van der Waals surface area contributed by atoms with Gasteiger partial charge < -0.3 is 4.98 Å². The Kier molecular flexibility index (Phi) is 4.33. The summed E-state index contributed by atoms with van der Waals surface area (Å²) in [6, 6.07) is 0. The van der Waals surface area contributed by atoms with E-state index in [2.05, 4.69) is 23.0 Å². The van der Waals surface area contributed by atoms with Crippen molar-refractivity contribution in [1.29, 1.82) is 0 Å².